The van der Waals surface area contributed by atoms with E-state index in [-0.39, 0.29) is 24.6 Å². The Kier molecular flexibility index (Phi) is 6.58. The van der Waals surface area contributed by atoms with Crippen molar-refractivity contribution in [3.05, 3.63) is 71.9 Å². The molecule has 4 rings (SSSR count). The highest BCUT2D eigenvalue weighted by Crippen LogP contribution is 2.79. The van der Waals surface area contributed by atoms with E-state index in [1.54, 1.807) is 0 Å². The van der Waals surface area contributed by atoms with Crippen molar-refractivity contribution in [3.8, 4) is 5.75 Å². The van der Waals surface area contributed by atoms with Gasteiger partial charge >= 0.3 is 21.3 Å². The Morgan fingerprint density at radius 2 is 1.89 bits per heavy atom. The largest absolute Gasteiger partial charge is 0.477 e. The van der Waals surface area contributed by atoms with Crippen molar-refractivity contribution < 1.29 is 56.1 Å². The standard InChI is InChI=1S/C19H18F2N2O10P2/c1-11-23(5-6-30-11)18(24)31-13-7-14(20)16(15(21)8-13)17-32-34(26,27)19(25,35(28,29)33-17)9-12-3-2-4-22-10-12/h2-4,7-8,10,17,25H,1,5-6,9H2,(H,26,27)(H,28,29). The number of hydrogen-bond acceptors (Lipinski definition) is 9. The summed E-state index contributed by atoms with van der Waals surface area (Å²) in [4.78, 5) is 37.5. The van der Waals surface area contributed by atoms with Crippen LogP contribution in [0.25, 0.3) is 0 Å². The number of ether oxygens (including phenoxy) is 2. The van der Waals surface area contributed by atoms with Crippen molar-refractivity contribution in [2.75, 3.05) is 13.2 Å². The maximum atomic E-state index is 14.8. The highest BCUT2D eigenvalue weighted by Gasteiger charge is 2.67. The van der Waals surface area contributed by atoms with Gasteiger partial charge in [0.05, 0.1) is 12.1 Å². The van der Waals surface area contributed by atoms with E-state index < -0.39 is 62.0 Å². The normalized spacial score (nSPS) is 30.7. The van der Waals surface area contributed by atoms with Crippen LogP contribution in [0.1, 0.15) is 17.4 Å². The molecule has 2 aliphatic rings. The number of aromatic nitrogens is 1. The maximum Gasteiger partial charge on any atom is 0.422 e. The van der Waals surface area contributed by atoms with Gasteiger partial charge in [-0.3, -0.25) is 23.2 Å². The van der Waals surface area contributed by atoms with E-state index in [0.717, 1.165) is 11.1 Å². The molecule has 1 amide bonds. The summed E-state index contributed by atoms with van der Waals surface area (Å²) in [6.45, 7) is 3.73. The zero-order chi connectivity index (χ0) is 25.6. The van der Waals surface area contributed by atoms with Crippen LogP contribution in [-0.4, -0.2) is 49.1 Å². The number of amides is 1. The second-order valence-electron chi connectivity index (χ2n) is 7.46. The van der Waals surface area contributed by atoms with Crippen molar-refractivity contribution >= 4 is 21.3 Å². The summed E-state index contributed by atoms with van der Waals surface area (Å²) in [6.07, 6.45) is -1.90. The van der Waals surface area contributed by atoms with Gasteiger partial charge in [0, 0.05) is 30.9 Å². The summed E-state index contributed by atoms with van der Waals surface area (Å²) in [5.41, 5.74) is -1.08. The summed E-state index contributed by atoms with van der Waals surface area (Å²) in [7, 11) is -10.9. The Bertz CT molecular complexity index is 1230. The molecular weight excluding hydrogens is 516 g/mol. The molecule has 0 spiro atoms. The second-order valence-corrected chi connectivity index (χ2v) is 11.8. The average molecular weight is 534 g/mol. The van der Waals surface area contributed by atoms with Gasteiger partial charge in [-0.1, -0.05) is 6.07 Å². The Labute approximate surface area is 196 Å². The van der Waals surface area contributed by atoms with Crippen LogP contribution in [0.3, 0.4) is 0 Å². The molecule has 0 bridgehead atoms. The van der Waals surface area contributed by atoms with Gasteiger partial charge in [0.15, 0.2) is 5.88 Å². The lowest BCUT2D eigenvalue weighted by molar-refractivity contribution is -0.0614. The number of pyridine rings is 1. The lowest BCUT2D eigenvalue weighted by Gasteiger charge is -2.41. The van der Waals surface area contributed by atoms with E-state index in [1.165, 1.54) is 18.3 Å². The summed E-state index contributed by atoms with van der Waals surface area (Å²) in [5.74, 6) is -3.61. The summed E-state index contributed by atoms with van der Waals surface area (Å²) < 4.78 is 74.5. The summed E-state index contributed by atoms with van der Waals surface area (Å²) in [5, 5.41) is 7.34. The van der Waals surface area contributed by atoms with Crippen molar-refractivity contribution in [3.63, 3.8) is 0 Å². The molecule has 16 heteroatoms. The van der Waals surface area contributed by atoms with Crippen LogP contribution >= 0.6 is 15.2 Å². The maximum absolute atomic E-state index is 14.8. The highest BCUT2D eigenvalue weighted by molar-refractivity contribution is 7.73. The van der Waals surface area contributed by atoms with E-state index in [2.05, 4.69) is 11.6 Å². The van der Waals surface area contributed by atoms with Crippen LogP contribution < -0.4 is 4.74 Å². The lowest BCUT2D eigenvalue weighted by atomic mass is 10.2. The van der Waals surface area contributed by atoms with Gasteiger partial charge in [0.1, 0.15) is 24.0 Å². The molecule has 2 unspecified atom stereocenters. The smallest absolute Gasteiger partial charge is 0.422 e. The van der Waals surface area contributed by atoms with Crippen LogP contribution in [-0.2, 0) is 29.3 Å². The van der Waals surface area contributed by atoms with Gasteiger partial charge in [-0.25, -0.2) is 18.5 Å². The van der Waals surface area contributed by atoms with E-state index in [0.29, 0.717) is 12.1 Å². The van der Waals surface area contributed by atoms with Gasteiger partial charge in [-0.2, -0.15) is 0 Å². The van der Waals surface area contributed by atoms with E-state index in [9.17, 15) is 37.6 Å². The quantitative estimate of drug-likeness (QED) is 0.494. The molecule has 1 aromatic heterocycles. The van der Waals surface area contributed by atoms with Gasteiger partial charge < -0.3 is 24.4 Å². The first-order valence-electron chi connectivity index (χ1n) is 9.78. The van der Waals surface area contributed by atoms with Crippen LogP contribution in [0, 0.1) is 11.6 Å². The molecule has 12 nitrogen and oxygen atoms in total. The first kappa shape index (κ1) is 25.4. The summed E-state index contributed by atoms with van der Waals surface area (Å²) >= 11 is 0. The van der Waals surface area contributed by atoms with Crippen molar-refractivity contribution in [2.45, 2.75) is 17.8 Å². The van der Waals surface area contributed by atoms with Crippen LogP contribution in [0.4, 0.5) is 13.6 Å². The number of nitrogens with zero attached hydrogens (tertiary/aromatic N) is 2. The molecule has 3 heterocycles. The first-order valence-corrected chi connectivity index (χ1v) is 12.9. The fourth-order valence-corrected chi connectivity index (χ4v) is 6.89. The predicted octanol–water partition coefficient (Wildman–Crippen LogP) is 2.97. The molecule has 2 saturated heterocycles. The molecule has 0 radical (unpaired) electrons. The van der Waals surface area contributed by atoms with E-state index in [4.69, 9.17) is 18.5 Å². The molecule has 2 aliphatic heterocycles. The number of benzene rings is 1. The molecule has 2 fully saturated rings. The van der Waals surface area contributed by atoms with Crippen LogP contribution in [0.2, 0.25) is 0 Å². The van der Waals surface area contributed by atoms with Gasteiger partial charge in [0.2, 0.25) is 6.29 Å². The fourth-order valence-electron chi connectivity index (χ4n) is 3.34. The van der Waals surface area contributed by atoms with E-state index in [1.807, 2.05) is 0 Å². The molecule has 3 N–H and O–H groups in total. The van der Waals surface area contributed by atoms with Crippen molar-refractivity contribution in [2.24, 2.45) is 0 Å². The molecule has 0 saturated carbocycles. The minimum absolute atomic E-state index is 0.0206. The third-order valence-electron chi connectivity index (χ3n) is 5.14. The molecular formula is C19H18F2N2O10P2. The molecule has 2 atom stereocenters. The zero-order valence-corrected chi connectivity index (χ0v) is 19.4. The van der Waals surface area contributed by atoms with E-state index >= 15 is 0 Å². The minimum Gasteiger partial charge on any atom is -0.477 e. The summed E-state index contributed by atoms with van der Waals surface area (Å²) in [6, 6.07) is 3.82. The predicted molar refractivity (Wildman–Crippen MR) is 112 cm³/mol. The third-order valence-corrected chi connectivity index (χ3v) is 9.74. The van der Waals surface area contributed by atoms with Crippen molar-refractivity contribution in [1.82, 2.24) is 9.88 Å². The van der Waals surface area contributed by atoms with Crippen LogP contribution in [0.5, 0.6) is 5.75 Å². The lowest BCUT2D eigenvalue weighted by Crippen LogP contribution is -2.38. The van der Waals surface area contributed by atoms with Crippen molar-refractivity contribution in [1.29, 1.82) is 0 Å². The Balaban J connectivity index is 1.60. The number of rotatable bonds is 4. The molecule has 1 aromatic carbocycles. The Morgan fingerprint density at radius 1 is 1.26 bits per heavy atom. The zero-order valence-electron chi connectivity index (χ0n) is 17.6. The highest BCUT2D eigenvalue weighted by atomic mass is 31.2. The third kappa shape index (κ3) is 4.62. The Hall–Kier alpha value is -2.70. The fraction of sp³-hybridized carbons (Fsp3) is 0.263. The monoisotopic (exact) mass is 534 g/mol. The average Bonchev–Trinajstić information content (AvgIpc) is 3.18. The van der Waals surface area contributed by atoms with Gasteiger partial charge in [-0.15, -0.1) is 0 Å². The molecule has 0 aliphatic carbocycles. The number of hydrogen-bond donors (Lipinski definition) is 3. The molecule has 35 heavy (non-hydrogen) atoms. The molecule has 188 valence electrons. The SMILES string of the molecule is C=C1OCCN1C(=O)Oc1cc(F)c(C2OP(=O)(O)C(O)(Cc3cccnc3)P(=O)(O)O2)c(F)c1. The topological polar surface area (TPSA) is 165 Å². The van der Waals surface area contributed by atoms with Crippen LogP contribution in [0.15, 0.2) is 49.1 Å². The second kappa shape index (κ2) is 9.07. The number of carbonyl (C=O) groups is 1. The van der Waals surface area contributed by atoms with Gasteiger partial charge in [0.25, 0.3) is 5.08 Å². The molecule has 2 aromatic rings. The number of halogens is 2. The van der Waals surface area contributed by atoms with Gasteiger partial charge in [-0.05, 0) is 18.2 Å². The Morgan fingerprint density at radius 3 is 2.40 bits per heavy atom. The number of aliphatic hydroxyl groups is 1. The number of carbonyl (C=O) groups excluding carboxylic acids is 1. The minimum atomic E-state index is -5.47. The first-order chi connectivity index (χ1) is 16.3.